The Hall–Kier alpha value is -0.510. The highest BCUT2D eigenvalue weighted by Gasteiger charge is 2.17. The standard InChI is InChI=1S/C10H6Cl2IN3O2S/c1-18-9(17)7-2-5(4-16(7)19-13)8-6(11)3-14-10(12)15-8/h2-4H,1H3. The number of aromatic nitrogens is 3. The molecule has 0 aliphatic carbocycles. The molecule has 100 valence electrons. The van der Waals surface area contributed by atoms with Gasteiger partial charge in [-0.15, -0.1) is 0 Å². The SMILES string of the molecule is COC(=O)c1cc(-c2nc(Cl)ncc2Cl)cn1SI. The molecule has 0 saturated carbocycles. The van der Waals surface area contributed by atoms with Crippen LogP contribution in [0.15, 0.2) is 18.5 Å². The lowest BCUT2D eigenvalue weighted by Crippen LogP contribution is -2.04. The van der Waals surface area contributed by atoms with Crippen LogP contribution < -0.4 is 0 Å². The summed E-state index contributed by atoms with van der Waals surface area (Å²) in [4.78, 5) is 19.5. The number of carbonyl (C=O) groups excluding carboxylic acids is 1. The molecule has 2 aromatic heterocycles. The van der Waals surface area contributed by atoms with Crippen molar-refractivity contribution in [3.05, 3.63) is 34.5 Å². The van der Waals surface area contributed by atoms with Crippen molar-refractivity contribution in [1.82, 2.24) is 13.9 Å². The van der Waals surface area contributed by atoms with Crippen molar-refractivity contribution in [1.29, 1.82) is 0 Å². The summed E-state index contributed by atoms with van der Waals surface area (Å²) in [5.74, 6) is -0.438. The highest BCUT2D eigenvalue weighted by Crippen LogP contribution is 2.31. The van der Waals surface area contributed by atoms with E-state index in [0.717, 1.165) is 0 Å². The van der Waals surface area contributed by atoms with Crippen molar-refractivity contribution >= 4 is 59.5 Å². The first-order chi connectivity index (χ1) is 9.06. The zero-order valence-corrected chi connectivity index (χ0v) is 13.9. The molecule has 0 aromatic carbocycles. The van der Waals surface area contributed by atoms with E-state index in [-0.39, 0.29) is 5.28 Å². The van der Waals surface area contributed by atoms with Crippen molar-refractivity contribution < 1.29 is 9.53 Å². The Morgan fingerprint density at radius 2 is 2.26 bits per heavy atom. The van der Waals surface area contributed by atoms with E-state index in [4.69, 9.17) is 27.9 Å². The van der Waals surface area contributed by atoms with Crippen LogP contribution in [-0.4, -0.2) is 27.0 Å². The lowest BCUT2D eigenvalue weighted by molar-refractivity contribution is 0.0593. The summed E-state index contributed by atoms with van der Waals surface area (Å²) < 4.78 is 6.37. The summed E-state index contributed by atoms with van der Waals surface area (Å²) in [7, 11) is 2.66. The minimum Gasteiger partial charge on any atom is -0.464 e. The van der Waals surface area contributed by atoms with E-state index in [1.807, 2.05) is 0 Å². The third-order valence-corrected chi connectivity index (χ3v) is 4.43. The van der Waals surface area contributed by atoms with Crippen LogP contribution in [0.5, 0.6) is 0 Å². The van der Waals surface area contributed by atoms with Crippen LogP contribution in [0.3, 0.4) is 0 Å². The number of hydrogen-bond acceptors (Lipinski definition) is 5. The van der Waals surface area contributed by atoms with Gasteiger partial charge in [0.2, 0.25) is 5.28 Å². The zero-order chi connectivity index (χ0) is 14.0. The first-order valence-electron chi connectivity index (χ1n) is 4.85. The largest absolute Gasteiger partial charge is 0.464 e. The Morgan fingerprint density at radius 3 is 2.89 bits per heavy atom. The summed E-state index contributed by atoms with van der Waals surface area (Å²) >= 11 is 13.8. The summed E-state index contributed by atoms with van der Waals surface area (Å²) in [5, 5.41) is 0.449. The molecule has 19 heavy (non-hydrogen) atoms. The number of methoxy groups -OCH3 is 1. The second kappa shape index (κ2) is 6.29. The monoisotopic (exact) mass is 429 g/mol. The number of esters is 1. The van der Waals surface area contributed by atoms with E-state index >= 15 is 0 Å². The lowest BCUT2D eigenvalue weighted by atomic mass is 10.2. The summed E-state index contributed by atoms with van der Waals surface area (Å²) in [6, 6.07) is 1.64. The van der Waals surface area contributed by atoms with Gasteiger partial charge in [0.15, 0.2) is 0 Å². The molecule has 0 fully saturated rings. The van der Waals surface area contributed by atoms with Gasteiger partial charge in [-0.05, 0) is 17.7 Å². The highest BCUT2D eigenvalue weighted by atomic mass is 127. The van der Waals surface area contributed by atoms with E-state index in [9.17, 15) is 4.79 Å². The highest BCUT2D eigenvalue weighted by molar-refractivity contribution is 14.2. The molecule has 0 saturated heterocycles. The Kier molecular flexibility index (Phi) is 4.93. The summed E-state index contributed by atoms with van der Waals surface area (Å²) in [5.41, 5.74) is 1.53. The van der Waals surface area contributed by atoms with Crippen LogP contribution >= 0.6 is 53.5 Å². The first-order valence-corrected chi connectivity index (χ1v) is 8.92. The first kappa shape index (κ1) is 14.9. The van der Waals surface area contributed by atoms with Crippen molar-refractivity contribution in [2.45, 2.75) is 0 Å². The fourth-order valence-electron chi connectivity index (χ4n) is 1.43. The van der Waals surface area contributed by atoms with E-state index in [0.29, 0.717) is 22.0 Å². The van der Waals surface area contributed by atoms with Crippen LogP contribution in [0.4, 0.5) is 0 Å². The second-order valence-electron chi connectivity index (χ2n) is 3.34. The van der Waals surface area contributed by atoms with Crippen molar-refractivity contribution in [3.8, 4) is 11.3 Å². The molecule has 9 heteroatoms. The van der Waals surface area contributed by atoms with Crippen molar-refractivity contribution in [2.75, 3.05) is 7.11 Å². The molecule has 0 aliphatic heterocycles. The molecule has 0 aliphatic rings. The number of rotatable bonds is 3. The van der Waals surface area contributed by atoms with Gasteiger partial charge < -0.3 is 4.74 Å². The predicted octanol–water partition coefficient (Wildman–Crippen LogP) is 3.88. The van der Waals surface area contributed by atoms with Gasteiger partial charge in [0, 0.05) is 42.1 Å². The van der Waals surface area contributed by atoms with E-state index < -0.39 is 5.97 Å². The molecular weight excluding hydrogens is 424 g/mol. The molecule has 0 radical (unpaired) electrons. The molecule has 0 N–H and O–H groups in total. The second-order valence-corrected chi connectivity index (χ2v) is 5.79. The molecule has 0 unspecified atom stereocenters. The smallest absolute Gasteiger partial charge is 0.355 e. The molecule has 0 bridgehead atoms. The molecule has 2 aromatic rings. The fourth-order valence-corrected chi connectivity index (χ4v) is 3.10. The minimum absolute atomic E-state index is 0.0916. The number of ether oxygens (including phenoxy) is 1. The van der Waals surface area contributed by atoms with E-state index in [1.54, 1.807) is 16.2 Å². The van der Waals surface area contributed by atoms with Gasteiger partial charge in [-0.3, -0.25) is 3.97 Å². The van der Waals surface area contributed by atoms with Crippen LogP contribution in [0.1, 0.15) is 10.5 Å². The quantitative estimate of drug-likeness (QED) is 0.421. The van der Waals surface area contributed by atoms with Gasteiger partial charge in [0.1, 0.15) is 5.69 Å². The zero-order valence-electron chi connectivity index (χ0n) is 9.43. The molecule has 2 heterocycles. The van der Waals surface area contributed by atoms with Crippen LogP contribution in [0.25, 0.3) is 11.3 Å². The summed E-state index contributed by atoms with van der Waals surface area (Å²) in [6.45, 7) is 0. The van der Waals surface area contributed by atoms with E-state index in [2.05, 4.69) is 31.2 Å². The van der Waals surface area contributed by atoms with Gasteiger partial charge in [0.05, 0.1) is 24.0 Å². The van der Waals surface area contributed by atoms with Crippen LogP contribution in [0.2, 0.25) is 10.3 Å². The van der Waals surface area contributed by atoms with Crippen LogP contribution in [-0.2, 0) is 4.74 Å². The van der Waals surface area contributed by atoms with Gasteiger partial charge in [-0.2, -0.15) is 0 Å². The maximum absolute atomic E-state index is 11.6. The average Bonchev–Trinajstić information content (AvgIpc) is 2.84. The maximum Gasteiger partial charge on any atom is 0.355 e. The lowest BCUT2D eigenvalue weighted by Gasteiger charge is -2.00. The molecule has 5 nitrogen and oxygen atoms in total. The minimum atomic E-state index is -0.438. The molecule has 0 amide bonds. The predicted molar refractivity (Wildman–Crippen MR) is 83.8 cm³/mol. The fraction of sp³-hybridized carbons (Fsp3) is 0.100. The number of carbonyl (C=O) groups is 1. The third kappa shape index (κ3) is 3.15. The Labute approximate surface area is 135 Å². The Morgan fingerprint density at radius 1 is 1.53 bits per heavy atom. The molecule has 0 atom stereocenters. The molecular formula is C10H6Cl2IN3O2S. The Balaban J connectivity index is 2.54. The van der Waals surface area contributed by atoms with Crippen LogP contribution in [0, 0.1) is 0 Å². The van der Waals surface area contributed by atoms with Crippen molar-refractivity contribution in [3.63, 3.8) is 0 Å². The van der Waals surface area contributed by atoms with Crippen molar-refractivity contribution in [2.24, 2.45) is 0 Å². The Bertz CT molecular complexity index is 635. The average molecular weight is 430 g/mol. The van der Waals surface area contributed by atoms with Gasteiger partial charge in [0.25, 0.3) is 0 Å². The van der Waals surface area contributed by atoms with Gasteiger partial charge in [-0.1, -0.05) is 11.6 Å². The number of nitrogens with zero attached hydrogens (tertiary/aromatic N) is 3. The number of halogens is 3. The van der Waals surface area contributed by atoms with E-state index in [1.165, 1.54) is 22.4 Å². The molecule has 2 rings (SSSR count). The normalized spacial score (nSPS) is 10.5. The number of hydrogen-bond donors (Lipinski definition) is 0. The topological polar surface area (TPSA) is 57.0 Å². The van der Waals surface area contributed by atoms with Gasteiger partial charge in [-0.25, -0.2) is 14.8 Å². The maximum atomic E-state index is 11.6. The summed E-state index contributed by atoms with van der Waals surface area (Å²) in [6.07, 6.45) is 3.15. The molecule has 0 spiro atoms. The third-order valence-electron chi connectivity index (χ3n) is 2.24. The van der Waals surface area contributed by atoms with Gasteiger partial charge >= 0.3 is 5.97 Å².